The van der Waals surface area contributed by atoms with Crippen LogP contribution in [0.25, 0.3) is 0 Å². The molecule has 0 aliphatic heterocycles. The first-order chi connectivity index (χ1) is 7.10. The van der Waals surface area contributed by atoms with Gasteiger partial charge in [-0.1, -0.05) is 23.8 Å². The van der Waals surface area contributed by atoms with Crippen LogP contribution in [0.15, 0.2) is 18.2 Å². The van der Waals surface area contributed by atoms with E-state index in [0.29, 0.717) is 0 Å². The van der Waals surface area contributed by atoms with Crippen LogP contribution in [0.3, 0.4) is 0 Å². The maximum absolute atomic E-state index is 9.43. The molecule has 0 bridgehead atoms. The Morgan fingerprint density at radius 2 is 2.13 bits per heavy atom. The second-order valence-electron chi connectivity index (χ2n) is 4.53. The van der Waals surface area contributed by atoms with Crippen LogP contribution in [0.5, 0.6) is 0 Å². The third kappa shape index (κ3) is 1.35. The number of aryl methyl sites for hydroxylation is 2. The van der Waals surface area contributed by atoms with Crippen molar-refractivity contribution >= 4 is 0 Å². The minimum absolute atomic E-state index is 0.401. The molecule has 1 atom stereocenters. The fourth-order valence-corrected chi connectivity index (χ4v) is 2.42. The zero-order valence-corrected chi connectivity index (χ0v) is 9.54. The summed E-state index contributed by atoms with van der Waals surface area (Å²) in [7, 11) is 3.97. The van der Waals surface area contributed by atoms with Crippen LogP contribution in [-0.4, -0.2) is 19.0 Å². The van der Waals surface area contributed by atoms with Crippen LogP contribution in [0.4, 0.5) is 0 Å². The normalized spacial score (nSPS) is 23.9. The summed E-state index contributed by atoms with van der Waals surface area (Å²) in [5, 5.41) is 9.43. The third-order valence-electron chi connectivity index (χ3n) is 3.42. The average molecular weight is 200 g/mol. The van der Waals surface area contributed by atoms with E-state index in [-0.39, 0.29) is 0 Å². The van der Waals surface area contributed by atoms with Crippen LogP contribution in [0, 0.1) is 18.3 Å². The van der Waals surface area contributed by atoms with E-state index in [0.717, 1.165) is 12.8 Å². The maximum atomic E-state index is 9.43. The minimum Gasteiger partial charge on any atom is -0.288 e. The van der Waals surface area contributed by atoms with Crippen molar-refractivity contribution in [1.29, 1.82) is 5.26 Å². The molecule has 0 heterocycles. The molecule has 1 unspecified atom stereocenters. The second kappa shape index (κ2) is 3.36. The van der Waals surface area contributed by atoms with Crippen LogP contribution in [0.2, 0.25) is 0 Å². The van der Waals surface area contributed by atoms with Gasteiger partial charge in [-0.25, -0.2) is 0 Å². The number of benzene rings is 1. The first-order valence-electron chi connectivity index (χ1n) is 5.29. The van der Waals surface area contributed by atoms with E-state index in [2.05, 4.69) is 31.2 Å². The fraction of sp³-hybridized carbons (Fsp3) is 0.462. The lowest BCUT2D eigenvalue weighted by Crippen LogP contribution is -2.37. The van der Waals surface area contributed by atoms with E-state index in [1.165, 1.54) is 16.7 Å². The highest BCUT2D eigenvalue weighted by Crippen LogP contribution is 2.40. The highest BCUT2D eigenvalue weighted by atomic mass is 15.1. The molecule has 0 amide bonds. The molecule has 0 saturated carbocycles. The van der Waals surface area contributed by atoms with Crippen molar-refractivity contribution in [2.75, 3.05) is 14.1 Å². The summed E-state index contributed by atoms with van der Waals surface area (Å²) in [5.74, 6) is 0. The topological polar surface area (TPSA) is 27.0 Å². The van der Waals surface area contributed by atoms with E-state index < -0.39 is 5.54 Å². The van der Waals surface area contributed by atoms with Gasteiger partial charge in [0.25, 0.3) is 0 Å². The molecule has 1 aliphatic carbocycles. The van der Waals surface area contributed by atoms with Crippen LogP contribution in [0.1, 0.15) is 23.1 Å². The van der Waals surface area contributed by atoms with Crippen LogP contribution in [-0.2, 0) is 12.0 Å². The molecule has 0 radical (unpaired) electrons. The van der Waals surface area contributed by atoms with Gasteiger partial charge in [0.15, 0.2) is 0 Å². The van der Waals surface area contributed by atoms with E-state index in [4.69, 9.17) is 0 Å². The van der Waals surface area contributed by atoms with Gasteiger partial charge in [-0.2, -0.15) is 5.26 Å². The second-order valence-corrected chi connectivity index (χ2v) is 4.53. The highest BCUT2D eigenvalue weighted by Gasteiger charge is 2.40. The van der Waals surface area contributed by atoms with Crippen molar-refractivity contribution in [2.45, 2.75) is 25.3 Å². The standard InChI is InChI=1S/C13H16N2/c1-10-4-5-11-6-7-13(9-14,15(2)3)12(11)8-10/h4-5,8H,6-7H2,1-3H3. The summed E-state index contributed by atoms with van der Waals surface area (Å²) in [4.78, 5) is 2.04. The number of rotatable bonds is 1. The molecular weight excluding hydrogens is 184 g/mol. The number of hydrogen-bond donors (Lipinski definition) is 0. The van der Waals surface area contributed by atoms with E-state index in [1.807, 2.05) is 19.0 Å². The SMILES string of the molecule is Cc1ccc2c(c1)C(C#N)(N(C)C)CC2. The Kier molecular flexibility index (Phi) is 2.28. The lowest BCUT2D eigenvalue weighted by atomic mass is 9.91. The molecule has 1 aliphatic rings. The molecular formula is C13H16N2. The molecule has 0 spiro atoms. The van der Waals surface area contributed by atoms with E-state index >= 15 is 0 Å². The molecule has 15 heavy (non-hydrogen) atoms. The van der Waals surface area contributed by atoms with E-state index in [1.54, 1.807) is 0 Å². The van der Waals surface area contributed by atoms with Crippen LogP contribution >= 0.6 is 0 Å². The fourth-order valence-electron chi connectivity index (χ4n) is 2.42. The highest BCUT2D eigenvalue weighted by molar-refractivity contribution is 5.45. The van der Waals surface area contributed by atoms with Gasteiger partial charge >= 0.3 is 0 Å². The van der Waals surface area contributed by atoms with Crippen molar-refractivity contribution in [1.82, 2.24) is 4.90 Å². The summed E-state index contributed by atoms with van der Waals surface area (Å²) in [6, 6.07) is 8.93. The zero-order valence-electron chi connectivity index (χ0n) is 9.54. The average Bonchev–Trinajstić information content (AvgIpc) is 2.57. The van der Waals surface area contributed by atoms with Crippen molar-refractivity contribution in [3.8, 4) is 6.07 Å². The van der Waals surface area contributed by atoms with Gasteiger partial charge in [0.05, 0.1) is 6.07 Å². The Morgan fingerprint density at radius 3 is 2.73 bits per heavy atom. The molecule has 0 N–H and O–H groups in total. The van der Waals surface area contributed by atoms with Gasteiger partial charge < -0.3 is 0 Å². The molecule has 0 saturated heterocycles. The number of fused-ring (bicyclic) bond motifs is 1. The Bertz CT molecular complexity index is 429. The molecule has 2 nitrogen and oxygen atoms in total. The monoisotopic (exact) mass is 200 g/mol. The summed E-state index contributed by atoms with van der Waals surface area (Å²) in [5.41, 5.74) is 3.37. The smallest absolute Gasteiger partial charge is 0.134 e. The Morgan fingerprint density at radius 1 is 1.40 bits per heavy atom. The van der Waals surface area contributed by atoms with Gasteiger partial charge in [0.1, 0.15) is 5.54 Å². The van der Waals surface area contributed by atoms with Gasteiger partial charge in [0, 0.05) is 0 Å². The predicted octanol–water partition coefficient (Wildman–Crippen LogP) is 2.22. The zero-order chi connectivity index (χ0) is 11.1. The van der Waals surface area contributed by atoms with Crippen LogP contribution < -0.4 is 0 Å². The lowest BCUT2D eigenvalue weighted by molar-refractivity contribution is 0.218. The first-order valence-corrected chi connectivity index (χ1v) is 5.29. The minimum atomic E-state index is -0.401. The van der Waals surface area contributed by atoms with Gasteiger partial charge in [-0.05, 0) is 45.0 Å². The van der Waals surface area contributed by atoms with Gasteiger partial charge in [-0.15, -0.1) is 0 Å². The Hall–Kier alpha value is -1.33. The Labute approximate surface area is 91.1 Å². The molecule has 2 heteroatoms. The first kappa shape index (κ1) is 10.2. The molecule has 1 aromatic carbocycles. The Balaban J connectivity index is 2.60. The molecule has 1 aromatic rings. The molecule has 0 aromatic heterocycles. The molecule has 0 fully saturated rings. The summed E-state index contributed by atoms with van der Waals surface area (Å²) >= 11 is 0. The third-order valence-corrected chi connectivity index (χ3v) is 3.42. The summed E-state index contributed by atoms with van der Waals surface area (Å²) in [6.45, 7) is 2.08. The molecule has 78 valence electrons. The van der Waals surface area contributed by atoms with Gasteiger partial charge in [0.2, 0.25) is 0 Å². The number of hydrogen-bond acceptors (Lipinski definition) is 2. The quantitative estimate of drug-likeness (QED) is 0.695. The van der Waals surface area contributed by atoms with Crippen molar-refractivity contribution in [2.24, 2.45) is 0 Å². The maximum Gasteiger partial charge on any atom is 0.134 e. The number of nitriles is 1. The number of nitrogens with zero attached hydrogens (tertiary/aromatic N) is 2. The van der Waals surface area contributed by atoms with Crippen molar-refractivity contribution in [3.63, 3.8) is 0 Å². The largest absolute Gasteiger partial charge is 0.288 e. The molecule has 2 rings (SSSR count). The van der Waals surface area contributed by atoms with E-state index in [9.17, 15) is 5.26 Å². The van der Waals surface area contributed by atoms with Crippen molar-refractivity contribution in [3.05, 3.63) is 34.9 Å². The van der Waals surface area contributed by atoms with Crippen molar-refractivity contribution < 1.29 is 0 Å². The lowest BCUT2D eigenvalue weighted by Gasteiger charge is -2.30. The van der Waals surface area contributed by atoms with Gasteiger partial charge in [-0.3, -0.25) is 4.90 Å². The predicted molar refractivity (Wildman–Crippen MR) is 60.5 cm³/mol. The summed E-state index contributed by atoms with van der Waals surface area (Å²) in [6.07, 6.45) is 1.93. The summed E-state index contributed by atoms with van der Waals surface area (Å²) < 4.78 is 0.